The third kappa shape index (κ3) is 3.45. The lowest BCUT2D eigenvalue weighted by Crippen LogP contribution is -2.34. The van der Waals surface area contributed by atoms with E-state index in [9.17, 15) is 12.8 Å². The van der Waals surface area contributed by atoms with Crippen LogP contribution in [-0.4, -0.2) is 53.6 Å². The zero-order valence-corrected chi connectivity index (χ0v) is 16.3. The van der Waals surface area contributed by atoms with Crippen LogP contribution in [0.3, 0.4) is 0 Å². The molecule has 1 saturated heterocycles. The van der Waals surface area contributed by atoms with Crippen LogP contribution in [-0.2, 0) is 16.9 Å². The Morgan fingerprint density at radius 1 is 1.25 bits per heavy atom. The number of ether oxygens (including phenoxy) is 1. The normalized spacial score (nSPS) is 15.8. The van der Waals surface area contributed by atoms with Crippen molar-refractivity contribution in [3.05, 3.63) is 30.3 Å². The van der Waals surface area contributed by atoms with Gasteiger partial charge in [-0.2, -0.15) is 10.1 Å². The molecule has 0 bridgehead atoms. The molecule has 28 heavy (non-hydrogen) atoms. The Kier molecular flexibility index (Phi) is 4.76. The molecular formula is C18H20FN5O3S. The van der Waals surface area contributed by atoms with Crippen molar-refractivity contribution in [2.75, 3.05) is 19.3 Å². The van der Waals surface area contributed by atoms with Gasteiger partial charge in [0.1, 0.15) is 35.0 Å². The van der Waals surface area contributed by atoms with Gasteiger partial charge in [0.2, 0.25) is 5.88 Å². The molecule has 0 saturated carbocycles. The van der Waals surface area contributed by atoms with Gasteiger partial charge in [-0.15, -0.1) is 0 Å². The van der Waals surface area contributed by atoms with Crippen molar-refractivity contribution in [3.63, 3.8) is 0 Å². The number of rotatable bonds is 4. The van der Waals surface area contributed by atoms with E-state index in [1.54, 1.807) is 11.7 Å². The van der Waals surface area contributed by atoms with E-state index in [2.05, 4.69) is 20.4 Å². The van der Waals surface area contributed by atoms with Gasteiger partial charge in [0, 0.05) is 18.9 Å². The van der Waals surface area contributed by atoms with Crippen molar-refractivity contribution in [2.24, 2.45) is 7.05 Å². The molecule has 1 aromatic carbocycles. The van der Waals surface area contributed by atoms with Crippen LogP contribution in [0.2, 0.25) is 0 Å². The number of aromatic nitrogens is 4. The summed E-state index contributed by atoms with van der Waals surface area (Å²) >= 11 is 0. The van der Waals surface area contributed by atoms with Crippen LogP contribution >= 0.6 is 0 Å². The summed E-state index contributed by atoms with van der Waals surface area (Å²) in [5, 5.41) is 7.68. The van der Waals surface area contributed by atoms with Crippen molar-refractivity contribution < 1.29 is 17.5 Å². The predicted octanol–water partition coefficient (Wildman–Crippen LogP) is 1.70. The summed E-state index contributed by atoms with van der Waals surface area (Å²) in [5.74, 6) is -0.270. The molecule has 1 fully saturated rings. The first-order valence-electron chi connectivity index (χ1n) is 8.89. The van der Waals surface area contributed by atoms with Crippen LogP contribution in [0.4, 0.5) is 4.39 Å². The molecule has 1 aliphatic heterocycles. The molecule has 3 heterocycles. The molecule has 148 valence electrons. The SMILES string of the molecule is Cn1nc(-c2ccc(S(C)(=O)=O)cc2F)c2ncnc(OC3CCNCC3)c21. The number of nitrogens with one attached hydrogen (secondary N) is 1. The summed E-state index contributed by atoms with van der Waals surface area (Å²) in [5.41, 5.74) is 1.51. The highest BCUT2D eigenvalue weighted by molar-refractivity contribution is 7.90. The molecule has 0 amide bonds. The lowest BCUT2D eigenvalue weighted by molar-refractivity contribution is 0.157. The third-order valence-corrected chi connectivity index (χ3v) is 5.89. The lowest BCUT2D eigenvalue weighted by atomic mass is 10.1. The lowest BCUT2D eigenvalue weighted by Gasteiger charge is -2.23. The second-order valence-corrected chi connectivity index (χ2v) is 8.85. The second kappa shape index (κ2) is 7.10. The Morgan fingerprint density at radius 3 is 2.68 bits per heavy atom. The van der Waals surface area contributed by atoms with E-state index in [1.807, 2.05) is 0 Å². The average Bonchev–Trinajstić information content (AvgIpc) is 2.99. The monoisotopic (exact) mass is 405 g/mol. The second-order valence-electron chi connectivity index (χ2n) is 6.83. The number of fused-ring (bicyclic) bond motifs is 1. The zero-order valence-electron chi connectivity index (χ0n) is 15.5. The minimum absolute atomic E-state index is 0.0449. The fourth-order valence-corrected chi connectivity index (χ4v) is 3.97. The molecule has 0 unspecified atom stereocenters. The topological polar surface area (TPSA) is 99.0 Å². The Hall–Kier alpha value is -2.59. The first kappa shape index (κ1) is 18.8. The largest absolute Gasteiger partial charge is 0.473 e. The molecular weight excluding hydrogens is 385 g/mol. The van der Waals surface area contributed by atoms with Crippen molar-refractivity contribution in [3.8, 4) is 17.1 Å². The summed E-state index contributed by atoms with van der Waals surface area (Å²) in [4.78, 5) is 8.44. The highest BCUT2D eigenvalue weighted by atomic mass is 32.2. The van der Waals surface area contributed by atoms with Crippen LogP contribution in [0, 0.1) is 5.82 Å². The van der Waals surface area contributed by atoms with Gasteiger partial charge in [-0.1, -0.05) is 0 Å². The summed E-state index contributed by atoms with van der Waals surface area (Å²) in [6.45, 7) is 1.76. The first-order valence-corrected chi connectivity index (χ1v) is 10.8. The molecule has 1 aliphatic rings. The molecule has 10 heteroatoms. The van der Waals surface area contributed by atoms with E-state index in [0.717, 1.165) is 38.3 Å². The average molecular weight is 405 g/mol. The molecule has 0 atom stereocenters. The molecule has 1 N–H and O–H groups in total. The smallest absolute Gasteiger partial charge is 0.243 e. The molecule has 3 aromatic rings. The van der Waals surface area contributed by atoms with E-state index in [-0.39, 0.29) is 16.6 Å². The van der Waals surface area contributed by atoms with Crippen LogP contribution in [0.25, 0.3) is 22.3 Å². The van der Waals surface area contributed by atoms with Crippen LogP contribution in [0.15, 0.2) is 29.4 Å². The van der Waals surface area contributed by atoms with Crippen molar-refractivity contribution in [1.29, 1.82) is 0 Å². The maximum atomic E-state index is 14.7. The van der Waals surface area contributed by atoms with Gasteiger partial charge >= 0.3 is 0 Å². The van der Waals surface area contributed by atoms with Gasteiger partial charge in [0.15, 0.2) is 9.84 Å². The third-order valence-electron chi connectivity index (χ3n) is 4.77. The zero-order chi connectivity index (χ0) is 19.9. The Morgan fingerprint density at radius 2 is 2.00 bits per heavy atom. The fourth-order valence-electron chi connectivity index (χ4n) is 3.33. The minimum atomic E-state index is -3.50. The van der Waals surface area contributed by atoms with E-state index < -0.39 is 15.7 Å². The fraction of sp³-hybridized carbons (Fsp3) is 0.389. The maximum absolute atomic E-state index is 14.7. The number of hydrogen-bond acceptors (Lipinski definition) is 7. The number of piperidine rings is 1. The first-order chi connectivity index (χ1) is 13.3. The maximum Gasteiger partial charge on any atom is 0.243 e. The molecule has 0 spiro atoms. The Labute approximate surface area is 161 Å². The number of hydrogen-bond donors (Lipinski definition) is 1. The van der Waals surface area contributed by atoms with E-state index >= 15 is 0 Å². The Bertz CT molecular complexity index is 1140. The molecule has 8 nitrogen and oxygen atoms in total. The van der Waals surface area contributed by atoms with Crippen molar-refractivity contribution >= 4 is 20.9 Å². The number of aryl methyl sites for hydroxylation is 1. The predicted molar refractivity (Wildman–Crippen MR) is 101 cm³/mol. The van der Waals surface area contributed by atoms with Gasteiger partial charge in [-0.25, -0.2) is 17.8 Å². The molecule has 2 aromatic heterocycles. The van der Waals surface area contributed by atoms with E-state index in [1.165, 1.54) is 18.5 Å². The number of halogens is 1. The number of benzene rings is 1. The van der Waals surface area contributed by atoms with E-state index in [4.69, 9.17) is 4.74 Å². The van der Waals surface area contributed by atoms with Gasteiger partial charge in [0.25, 0.3) is 0 Å². The summed E-state index contributed by atoms with van der Waals surface area (Å²) < 4.78 is 45.6. The summed E-state index contributed by atoms with van der Waals surface area (Å²) in [7, 11) is -1.79. The number of sulfone groups is 1. The minimum Gasteiger partial charge on any atom is -0.473 e. The van der Waals surface area contributed by atoms with Gasteiger partial charge in [-0.3, -0.25) is 4.68 Å². The molecule has 4 rings (SSSR count). The number of nitrogens with zero attached hydrogens (tertiary/aromatic N) is 4. The van der Waals surface area contributed by atoms with E-state index in [0.29, 0.717) is 22.6 Å². The standard InChI is InChI=1S/C18H20FN5O3S/c1-24-17-16(21-10-22-18(17)27-11-5-7-20-8-6-11)15(23-24)13-4-3-12(9-14(13)19)28(2,25)26/h3-4,9-11,20H,5-8H2,1-2H3. The van der Waals surface area contributed by atoms with Gasteiger partial charge in [0.05, 0.1) is 4.90 Å². The van der Waals surface area contributed by atoms with Crippen molar-refractivity contribution in [1.82, 2.24) is 25.1 Å². The van der Waals surface area contributed by atoms with Crippen LogP contribution < -0.4 is 10.1 Å². The summed E-state index contributed by atoms with van der Waals surface area (Å²) in [6, 6.07) is 3.77. The van der Waals surface area contributed by atoms with Crippen LogP contribution in [0.1, 0.15) is 12.8 Å². The highest BCUT2D eigenvalue weighted by Gasteiger charge is 2.23. The molecule has 0 aliphatic carbocycles. The molecule has 0 radical (unpaired) electrons. The highest BCUT2D eigenvalue weighted by Crippen LogP contribution is 2.33. The Balaban J connectivity index is 1.78. The quantitative estimate of drug-likeness (QED) is 0.705. The van der Waals surface area contributed by atoms with Gasteiger partial charge in [-0.05, 0) is 44.1 Å². The van der Waals surface area contributed by atoms with Crippen LogP contribution in [0.5, 0.6) is 5.88 Å². The summed E-state index contributed by atoms with van der Waals surface area (Å²) in [6.07, 6.45) is 4.20. The van der Waals surface area contributed by atoms with Gasteiger partial charge < -0.3 is 10.1 Å². The van der Waals surface area contributed by atoms with Crippen molar-refractivity contribution in [2.45, 2.75) is 23.8 Å².